The van der Waals surface area contributed by atoms with Crippen LogP contribution in [0.3, 0.4) is 0 Å². The van der Waals surface area contributed by atoms with Gasteiger partial charge in [-0.25, -0.2) is 4.79 Å². The molecule has 0 radical (unpaired) electrons. The molecule has 0 atom stereocenters. The van der Waals surface area contributed by atoms with Crippen molar-refractivity contribution in [1.29, 1.82) is 0 Å². The van der Waals surface area contributed by atoms with Gasteiger partial charge in [0.2, 0.25) is 0 Å². The zero-order chi connectivity index (χ0) is 11.4. The summed E-state index contributed by atoms with van der Waals surface area (Å²) in [6, 6.07) is 0. The number of nitrogens with zero attached hydrogens (tertiary/aromatic N) is 3. The number of hydrogen-bond donors (Lipinski definition) is 0. The third kappa shape index (κ3) is 2.76. The topological polar surface area (TPSA) is 87.3 Å². The fourth-order valence-electron chi connectivity index (χ4n) is 1.01. The highest BCUT2D eigenvalue weighted by Crippen LogP contribution is 2.13. The molecule has 1 rings (SSSR count). The second kappa shape index (κ2) is 4.54. The number of carbonyl (C=O) groups is 1. The molecule has 0 aromatic carbocycles. The maximum absolute atomic E-state index is 11.0. The quantitative estimate of drug-likeness (QED) is 0.546. The van der Waals surface area contributed by atoms with Gasteiger partial charge in [0, 0.05) is 6.42 Å². The molecule has 0 saturated carbocycles. The molecule has 0 unspecified atom stereocenters. The third-order valence-electron chi connectivity index (χ3n) is 1.70. The number of aromatic nitrogens is 2. The van der Waals surface area contributed by atoms with Crippen molar-refractivity contribution < 1.29 is 14.6 Å². The fourth-order valence-corrected chi connectivity index (χ4v) is 1.01. The van der Waals surface area contributed by atoms with E-state index in [1.165, 1.54) is 6.92 Å². The van der Waals surface area contributed by atoms with E-state index in [1.807, 2.05) is 6.92 Å². The zero-order valence-corrected chi connectivity index (χ0v) is 8.47. The molecular formula is C8H11N3O4. The van der Waals surface area contributed by atoms with E-state index in [1.54, 1.807) is 0 Å². The number of rotatable bonds is 4. The number of aryl methyl sites for hydroxylation is 1. The summed E-state index contributed by atoms with van der Waals surface area (Å²) in [5, 5.41) is 14.1. The van der Waals surface area contributed by atoms with Crippen LogP contribution in [-0.4, -0.2) is 20.8 Å². The van der Waals surface area contributed by atoms with Crippen molar-refractivity contribution in [3.8, 4) is 0 Å². The first-order chi connectivity index (χ1) is 7.04. The largest absolute Gasteiger partial charge is 0.334 e. The molecule has 0 aliphatic carbocycles. The summed E-state index contributed by atoms with van der Waals surface area (Å²) in [5.41, 5.74) is 0.0450. The lowest BCUT2D eigenvalue weighted by molar-refractivity contribution is -0.385. The van der Waals surface area contributed by atoms with E-state index in [2.05, 4.69) is 5.10 Å². The van der Waals surface area contributed by atoms with Crippen LogP contribution in [0.5, 0.6) is 0 Å². The van der Waals surface area contributed by atoms with Crippen LogP contribution in [-0.2, 0) is 4.79 Å². The molecule has 0 aliphatic rings. The lowest BCUT2D eigenvalue weighted by atomic mass is 10.3. The van der Waals surface area contributed by atoms with E-state index in [9.17, 15) is 14.9 Å². The molecule has 0 aliphatic heterocycles. The monoisotopic (exact) mass is 213 g/mol. The smallest absolute Gasteiger partial charge is 0.319 e. The van der Waals surface area contributed by atoms with Crippen molar-refractivity contribution in [3.05, 3.63) is 22.0 Å². The Balaban J connectivity index is 2.75. The normalized spacial score (nSPS) is 10.0. The maximum atomic E-state index is 11.0. The highest BCUT2D eigenvalue weighted by atomic mass is 16.7. The van der Waals surface area contributed by atoms with Crippen LogP contribution in [0.15, 0.2) is 6.20 Å². The summed E-state index contributed by atoms with van der Waals surface area (Å²) in [7, 11) is 0. The van der Waals surface area contributed by atoms with Gasteiger partial charge in [0.15, 0.2) is 0 Å². The number of nitro groups is 1. The van der Waals surface area contributed by atoms with Gasteiger partial charge in [0.05, 0.1) is 4.92 Å². The van der Waals surface area contributed by atoms with Gasteiger partial charge in [-0.05, 0) is 13.3 Å². The minimum absolute atomic E-state index is 0.167. The van der Waals surface area contributed by atoms with Gasteiger partial charge in [0.1, 0.15) is 11.9 Å². The van der Waals surface area contributed by atoms with Gasteiger partial charge >= 0.3 is 11.7 Å². The fraction of sp³-hybridized carbons (Fsp3) is 0.500. The van der Waals surface area contributed by atoms with Crippen LogP contribution < -0.4 is 4.84 Å². The molecule has 1 aromatic rings. The van der Waals surface area contributed by atoms with Crippen LogP contribution in [0.1, 0.15) is 25.5 Å². The predicted octanol–water partition coefficient (Wildman–Crippen LogP) is 0.855. The van der Waals surface area contributed by atoms with Crippen LogP contribution in [0, 0.1) is 17.0 Å². The van der Waals surface area contributed by atoms with Crippen molar-refractivity contribution in [2.24, 2.45) is 0 Å². The predicted molar refractivity (Wildman–Crippen MR) is 50.1 cm³/mol. The van der Waals surface area contributed by atoms with Crippen LogP contribution in [0.25, 0.3) is 0 Å². The SMILES string of the molecule is CCCC(=O)On1cc([N+](=O)[O-])c(C)n1. The summed E-state index contributed by atoms with van der Waals surface area (Å²) in [5.74, 6) is -0.463. The molecule has 0 amide bonds. The average Bonchev–Trinajstić information content (AvgIpc) is 2.47. The Labute approximate surface area is 85.7 Å². The molecule has 1 aromatic heterocycles. The van der Waals surface area contributed by atoms with E-state index in [-0.39, 0.29) is 17.8 Å². The van der Waals surface area contributed by atoms with Gasteiger partial charge in [0.25, 0.3) is 0 Å². The first kappa shape index (κ1) is 11.2. The van der Waals surface area contributed by atoms with Crippen molar-refractivity contribution >= 4 is 11.7 Å². The molecule has 82 valence electrons. The second-order valence-corrected chi connectivity index (χ2v) is 2.97. The zero-order valence-electron chi connectivity index (χ0n) is 8.47. The minimum Gasteiger partial charge on any atom is -0.319 e. The second-order valence-electron chi connectivity index (χ2n) is 2.97. The third-order valence-corrected chi connectivity index (χ3v) is 1.70. The van der Waals surface area contributed by atoms with Crippen LogP contribution in [0.4, 0.5) is 5.69 Å². The van der Waals surface area contributed by atoms with E-state index in [0.29, 0.717) is 6.42 Å². The Morgan fingerprint density at radius 2 is 2.40 bits per heavy atom. The Hall–Kier alpha value is -1.92. The minimum atomic E-state index is -0.577. The molecule has 0 saturated heterocycles. The van der Waals surface area contributed by atoms with Crippen LogP contribution >= 0.6 is 0 Å². The molecule has 0 N–H and O–H groups in total. The summed E-state index contributed by atoms with van der Waals surface area (Å²) < 4.78 is 0. The highest BCUT2D eigenvalue weighted by molar-refractivity contribution is 5.69. The Morgan fingerprint density at radius 3 is 2.87 bits per heavy atom. The Kier molecular flexibility index (Phi) is 3.37. The molecule has 0 fully saturated rings. The molecule has 7 heteroatoms. The van der Waals surface area contributed by atoms with Crippen molar-refractivity contribution in [2.45, 2.75) is 26.7 Å². The van der Waals surface area contributed by atoms with Gasteiger partial charge in [-0.15, -0.1) is 5.10 Å². The summed E-state index contributed by atoms with van der Waals surface area (Å²) >= 11 is 0. The molecule has 15 heavy (non-hydrogen) atoms. The van der Waals surface area contributed by atoms with E-state index in [4.69, 9.17) is 4.84 Å². The summed E-state index contributed by atoms with van der Waals surface area (Å²) in [6.45, 7) is 3.31. The number of carbonyl (C=O) groups excluding carboxylic acids is 1. The molecular weight excluding hydrogens is 202 g/mol. The van der Waals surface area contributed by atoms with Crippen molar-refractivity contribution in [1.82, 2.24) is 9.94 Å². The first-order valence-electron chi connectivity index (χ1n) is 4.46. The van der Waals surface area contributed by atoms with E-state index < -0.39 is 10.9 Å². The van der Waals surface area contributed by atoms with Gasteiger partial charge in [-0.1, -0.05) is 11.8 Å². The van der Waals surface area contributed by atoms with Gasteiger partial charge in [-0.3, -0.25) is 10.1 Å². The Morgan fingerprint density at radius 1 is 1.73 bits per heavy atom. The Bertz CT molecular complexity index is 385. The maximum Gasteiger partial charge on any atom is 0.334 e. The van der Waals surface area contributed by atoms with E-state index in [0.717, 1.165) is 11.0 Å². The van der Waals surface area contributed by atoms with Gasteiger partial charge < -0.3 is 4.84 Å². The van der Waals surface area contributed by atoms with Gasteiger partial charge in [-0.2, -0.15) is 0 Å². The standard InChI is InChI=1S/C8H11N3O4/c1-3-4-8(12)15-10-5-7(11(13)14)6(2)9-10/h5H,3-4H2,1-2H3. The van der Waals surface area contributed by atoms with E-state index >= 15 is 0 Å². The average molecular weight is 213 g/mol. The molecule has 7 nitrogen and oxygen atoms in total. The highest BCUT2D eigenvalue weighted by Gasteiger charge is 2.17. The van der Waals surface area contributed by atoms with Crippen molar-refractivity contribution in [2.75, 3.05) is 0 Å². The molecule has 1 heterocycles. The first-order valence-corrected chi connectivity index (χ1v) is 4.46. The van der Waals surface area contributed by atoms with Crippen molar-refractivity contribution in [3.63, 3.8) is 0 Å². The lowest BCUT2D eigenvalue weighted by Gasteiger charge is -1.99. The van der Waals surface area contributed by atoms with Crippen LogP contribution in [0.2, 0.25) is 0 Å². The summed E-state index contributed by atoms with van der Waals surface area (Å²) in [4.78, 5) is 26.5. The number of hydrogen-bond acceptors (Lipinski definition) is 5. The molecule has 0 spiro atoms. The molecule has 0 bridgehead atoms. The lowest BCUT2D eigenvalue weighted by Crippen LogP contribution is -2.19. The summed E-state index contributed by atoms with van der Waals surface area (Å²) in [6.07, 6.45) is 1.98.